The third-order valence-electron chi connectivity index (χ3n) is 4.76. The van der Waals surface area contributed by atoms with Gasteiger partial charge in [-0.05, 0) is 56.1 Å². The first-order valence-corrected chi connectivity index (χ1v) is 9.53. The maximum absolute atomic E-state index is 12.6. The first kappa shape index (κ1) is 16.9. The van der Waals surface area contributed by atoms with E-state index in [2.05, 4.69) is 32.3 Å². The molecule has 1 aromatic carbocycles. The van der Waals surface area contributed by atoms with Crippen LogP contribution in [0.2, 0.25) is 0 Å². The maximum Gasteiger partial charge on any atom is 0.266 e. The molecule has 1 amide bonds. The number of hydrogen-bond acceptors (Lipinski definition) is 5. The Bertz CT molecular complexity index is 1000. The summed E-state index contributed by atoms with van der Waals surface area (Å²) in [4.78, 5) is 34.8. The van der Waals surface area contributed by atoms with Gasteiger partial charge in [-0.25, -0.2) is 4.98 Å². The van der Waals surface area contributed by atoms with Crippen molar-refractivity contribution < 1.29 is 4.79 Å². The van der Waals surface area contributed by atoms with Gasteiger partial charge >= 0.3 is 0 Å². The van der Waals surface area contributed by atoms with Crippen LogP contribution in [0.5, 0.6) is 0 Å². The van der Waals surface area contributed by atoms with E-state index in [9.17, 15) is 9.59 Å². The average molecular weight is 368 g/mol. The Labute approximate surface area is 154 Å². The first-order chi connectivity index (χ1) is 12.6. The lowest BCUT2D eigenvalue weighted by Crippen LogP contribution is -2.18. The highest BCUT2D eigenvalue weighted by Crippen LogP contribution is 2.27. The summed E-state index contributed by atoms with van der Waals surface area (Å²) in [6, 6.07) is 7.96. The number of H-pyrrole nitrogens is 1. The van der Waals surface area contributed by atoms with Crippen molar-refractivity contribution in [2.45, 2.75) is 26.3 Å². The summed E-state index contributed by atoms with van der Waals surface area (Å²) in [5.74, 6) is -0.211. The molecule has 134 valence electrons. The van der Waals surface area contributed by atoms with Crippen molar-refractivity contribution in [3.05, 3.63) is 57.0 Å². The number of likely N-dealkylation sites (tertiary alicyclic amines) is 1. The lowest BCUT2D eigenvalue weighted by atomic mass is 10.2. The normalized spacial score (nSPS) is 14.8. The number of nitrogens with zero attached hydrogens (tertiary/aromatic N) is 2. The molecule has 0 unspecified atom stereocenters. The fraction of sp³-hybridized carbons (Fsp3) is 0.316. The molecular formula is C19H20N4O2S. The lowest BCUT2D eigenvalue weighted by molar-refractivity contribution is 0.103. The number of carbonyl (C=O) groups excluding carboxylic acids is 1. The number of nitrogens with one attached hydrogen (secondary N) is 2. The Kier molecular flexibility index (Phi) is 4.57. The van der Waals surface area contributed by atoms with E-state index >= 15 is 0 Å². The van der Waals surface area contributed by atoms with E-state index in [1.807, 2.05) is 12.1 Å². The number of rotatable bonds is 4. The van der Waals surface area contributed by atoms with Gasteiger partial charge in [0.15, 0.2) is 0 Å². The fourth-order valence-electron chi connectivity index (χ4n) is 3.38. The molecule has 2 N–H and O–H groups in total. The molecule has 6 nitrogen and oxygen atoms in total. The number of anilines is 1. The number of aryl methyl sites for hydroxylation is 1. The lowest BCUT2D eigenvalue weighted by Gasteiger charge is -2.14. The van der Waals surface area contributed by atoms with Crippen LogP contribution in [-0.4, -0.2) is 33.9 Å². The molecular weight excluding hydrogens is 348 g/mol. The Morgan fingerprint density at radius 2 is 2.00 bits per heavy atom. The van der Waals surface area contributed by atoms with Crippen LogP contribution in [0.15, 0.2) is 35.4 Å². The summed E-state index contributed by atoms with van der Waals surface area (Å²) < 4.78 is 0. The highest BCUT2D eigenvalue weighted by molar-refractivity contribution is 7.20. The molecule has 1 saturated heterocycles. The summed E-state index contributed by atoms with van der Waals surface area (Å²) in [6.45, 7) is 5.07. The van der Waals surface area contributed by atoms with Crippen LogP contribution in [0.3, 0.4) is 0 Å². The van der Waals surface area contributed by atoms with Crippen LogP contribution in [0.1, 0.15) is 33.6 Å². The van der Waals surface area contributed by atoms with E-state index in [1.54, 1.807) is 6.92 Å². The van der Waals surface area contributed by atoms with E-state index in [4.69, 9.17) is 0 Å². The van der Waals surface area contributed by atoms with Crippen LogP contribution < -0.4 is 10.9 Å². The van der Waals surface area contributed by atoms with Crippen LogP contribution in [0.4, 0.5) is 5.69 Å². The number of fused-ring (bicyclic) bond motifs is 1. The second-order valence-electron chi connectivity index (χ2n) is 6.60. The largest absolute Gasteiger partial charge is 0.321 e. The van der Waals surface area contributed by atoms with Gasteiger partial charge in [0, 0.05) is 12.2 Å². The quantitative estimate of drug-likeness (QED) is 0.742. The molecule has 3 aromatic rings. The standard InChI is InChI=1S/C19H20N4O2S/c1-12-15-17(24)20-11-21-19(15)26-16(12)18(25)22-14-6-4-13(5-7-14)10-23-8-2-3-9-23/h4-7,11H,2-3,8-10H2,1H3,(H,22,25)(H,20,21,24). The van der Waals surface area contributed by atoms with Crippen molar-refractivity contribution in [2.75, 3.05) is 18.4 Å². The van der Waals surface area contributed by atoms with Gasteiger partial charge in [0.25, 0.3) is 11.5 Å². The van der Waals surface area contributed by atoms with Gasteiger partial charge in [-0.2, -0.15) is 0 Å². The van der Waals surface area contributed by atoms with Gasteiger partial charge in [-0.1, -0.05) is 12.1 Å². The Morgan fingerprint density at radius 1 is 1.27 bits per heavy atom. The molecule has 0 radical (unpaired) electrons. The van der Waals surface area contributed by atoms with E-state index in [1.165, 1.54) is 36.1 Å². The highest BCUT2D eigenvalue weighted by atomic mass is 32.1. The summed E-state index contributed by atoms with van der Waals surface area (Å²) in [6.07, 6.45) is 3.92. The van der Waals surface area contributed by atoms with Crippen LogP contribution in [0.25, 0.3) is 10.2 Å². The van der Waals surface area contributed by atoms with Gasteiger partial charge in [0.1, 0.15) is 4.83 Å². The molecule has 0 bridgehead atoms. The van der Waals surface area contributed by atoms with Crippen molar-refractivity contribution in [2.24, 2.45) is 0 Å². The molecule has 0 aliphatic carbocycles. The Hall–Kier alpha value is -2.51. The van der Waals surface area contributed by atoms with E-state index in [0.29, 0.717) is 20.7 Å². The molecule has 1 aliphatic rings. The minimum absolute atomic E-state index is 0.211. The molecule has 1 aliphatic heterocycles. The van der Waals surface area contributed by atoms with Crippen molar-refractivity contribution in [1.82, 2.24) is 14.9 Å². The van der Waals surface area contributed by atoms with E-state index < -0.39 is 0 Å². The van der Waals surface area contributed by atoms with Crippen LogP contribution in [-0.2, 0) is 6.54 Å². The molecule has 0 spiro atoms. The summed E-state index contributed by atoms with van der Waals surface area (Å²) in [5, 5.41) is 3.41. The average Bonchev–Trinajstić information content (AvgIpc) is 3.25. The number of thiophene rings is 1. The predicted molar refractivity (Wildman–Crippen MR) is 104 cm³/mol. The predicted octanol–water partition coefficient (Wildman–Crippen LogP) is 3.14. The third-order valence-corrected chi connectivity index (χ3v) is 5.95. The smallest absolute Gasteiger partial charge is 0.266 e. The second-order valence-corrected chi connectivity index (χ2v) is 7.60. The summed E-state index contributed by atoms with van der Waals surface area (Å²) >= 11 is 1.24. The summed E-state index contributed by atoms with van der Waals surface area (Å²) in [5.41, 5.74) is 2.45. The van der Waals surface area contributed by atoms with Crippen molar-refractivity contribution >= 4 is 33.1 Å². The molecule has 7 heteroatoms. The zero-order chi connectivity index (χ0) is 18.1. The van der Waals surface area contributed by atoms with Crippen molar-refractivity contribution in [3.63, 3.8) is 0 Å². The minimum Gasteiger partial charge on any atom is -0.321 e. The molecule has 2 aromatic heterocycles. The van der Waals surface area contributed by atoms with E-state index in [-0.39, 0.29) is 11.5 Å². The number of benzene rings is 1. The van der Waals surface area contributed by atoms with Crippen molar-refractivity contribution in [1.29, 1.82) is 0 Å². The third kappa shape index (κ3) is 3.27. The van der Waals surface area contributed by atoms with Gasteiger partial charge in [-0.15, -0.1) is 11.3 Å². The second kappa shape index (κ2) is 7.01. The molecule has 0 atom stereocenters. The number of carbonyl (C=O) groups is 1. The fourth-order valence-corrected chi connectivity index (χ4v) is 4.42. The Balaban J connectivity index is 1.50. The van der Waals surface area contributed by atoms with Gasteiger partial charge in [0.05, 0.1) is 16.6 Å². The highest BCUT2D eigenvalue weighted by Gasteiger charge is 2.18. The SMILES string of the molecule is Cc1c(C(=O)Nc2ccc(CN3CCCC3)cc2)sc2nc[nH]c(=O)c12. The molecule has 26 heavy (non-hydrogen) atoms. The molecule has 4 rings (SSSR count). The van der Waals surface area contributed by atoms with E-state index in [0.717, 1.165) is 25.3 Å². The molecule has 1 fully saturated rings. The van der Waals surface area contributed by atoms with Crippen LogP contribution in [0, 0.1) is 6.92 Å². The number of aromatic amines is 1. The summed E-state index contributed by atoms with van der Waals surface area (Å²) in [7, 11) is 0. The zero-order valence-electron chi connectivity index (χ0n) is 14.5. The number of aromatic nitrogens is 2. The van der Waals surface area contributed by atoms with Gasteiger partial charge < -0.3 is 10.3 Å². The van der Waals surface area contributed by atoms with Gasteiger partial charge in [-0.3, -0.25) is 14.5 Å². The zero-order valence-corrected chi connectivity index (χ0v) is 15.4. The Morgan fingerprint density at radius 3 is 2.69 bits per heavy atom. The van der Waals surface area contributed by atoms with Gasteiger partial charge in [0.2, 0.25) is 0 Å². The van der Waals surface area contributed by atoms with Crippen LogP contribution >= 0.6 is 11.3 Å². The minimum atomic E-state index is -0.214. The number of hydrogen-bond donors (Lipinski definition) is 2. The first-order valence-electron chi connectivity index (χ1n) is 8.71. The number of amides is 1. The van der Waals surface area contributed by atoms with Crippen molar-refractivity contribution in [3.8, 4) is 0 Å². The monoisotopic (exact) mass is 368 g/mol. The maximum atomic E-state index is 12.6. The topological polar surface area (TPSA) is 78.1 Å². The molecule has 0 saturated carbocycles. The molecule has 3 heterocycles.